The predicted molar refractivity (Wildman–Crippen MR) is 338 cm³/mol. The lowest BCUT2D eigenvalue weighted by atomic mass is 10.0. The zero-order valence-corrected chi connectivity index (χ0v) is 51.7. The van der Waals surface area contributed by atoms with Crippen molar-refractivity contribution in [1.82, 2.24) is 5.32 Å². The van der Waals surface area contributed by atoms with Crippen LogP contribution in [-0.2, 0) is 14.3 Å². The summed E-state index contributed by atoms with van der Waals surface area (Å²) in [5.41, 5.74) is 0. The fraction of sp³-hybridized carbons (Fsp3) is 0.859. The number of esters is 1. The Morgan fingerprint density at radius 1 is 0.364 bits per heavy atom. The smallest absolute Gasteiger partial charge is 0.305 e. The third-order valence-corrected chi connectivity index (χ3v) is 15.8. The van der Waals surface area contributed by atoms with Crippen LogP contribution in [0.2, 0.25) is 0 Å². The standard InChI is InChI=1S/C71H133NO5/c1-3-5-7-9-11-13-15-17-19-21-22-23-24-25-26-27-29-32-35-39-43-47-51-55-59-63-69(74)68(67-73)72-70(75)64-60-56-52-48-44-40-36-33-30-28-31-34-38-42-46-50-54-58-62-66-77-71(76)65-61-57-53-49-45-41-37-20-18-16-14-12-10-8-6-4-2/h20,34,37-38,42,46,59,63,68-69,73-74H,3-19,21-33,35-36,39-41,43-45,47-58,60-62,64-67H2,1-2H3,(H,72,75)/b37-20-,38-34-,46-42-,63-59+. The fourth-order valence-corrected chi connectivity index (χ4v) is 10.6. The Kier molecular flexibility index (Phi) is 64.5. The molecule has 0 saturated carbocycles. The summed E-state index contributed by atoms with van der Waals surface area (Å²) in [7, 11) is 0. The summed E-state index contributed by atoms with van der Waals surface area (Å²) < 4.78 is 5.46. The maximum absolute atomic E-state index is 12.5. The van der Waals surface area contributed by atoms with Gasteiger partial charge in [0.25, 0.3) is 0 Å². The third-order valence-electron chi connectivity index (χ3n) is 15.8. The van der Waals surface area contributed by atoms with Crippen molar-refractivity contribution in [3.8, 4) is 0 Å². The highest BCUT2D eigenvalue weighted by molar-refractivity contribution is 5.76. The molecule has 0 heterocycles. The van der Waals surface area contributed by atoms with E-state index in [9.17, 15) is 19.8 Å². The highest BCUT2D eigenvalue weighted by atomic mass is 16.5. The second kappa shape index (κ2) is 66.3. The SMILES string of the molecule is CCCCCCCCC/C=C\CCCCCCCC(=O)OCCCCC/C=C\C=C/CCCCCCCCCCCCC(=O)NC(CO)C(O)/C=C/CCCCCCCCCCCCCCCCCCCCCCCCC. The van der Waals surface area contributed by atoms with Crippen LogP contribution in [0.15, 0.2) is 48.6 Å². The molecular formula is C71H133NO5. The normalized spacial score (nSPS) is 12.8. The first-order valence-corrected chi connectivity index (χ1v) is 34.4. The number of carbonyl (C=O) groups is 2. The molecule has 0 spiro atoms. The maximum atomic E-state index is 12.5. The van der Waals surface area contributed by atoms with Gasteiger partial charge in [0.1, 0.15) is 0 Å². The van der Waals surface area contributed by atoms with Crippen LogP contribution >= 0.6 is 0 Å². The van der Waals surface area contributed by atoms with Crippen LogP contribution in [0.25, 0.3) is 0 Å². The summed E-state index contributed by atoms with van der Waals surface area (Å²) in [6.45, 7) is 4.88. The number of amides is 1. The molecule has 2 unspecified atom stereocenters. The van der Waals surface area contributed by atoms with Gasteiger partial charge in [0.2, 0.25) is 5.91 Å². The number of aliphatic hydroxyl groups is 2. The average molecular weight is 1080 g/mol. The molecule has 3 N–H and O–H groups in total. The van der Waals surface area contributed by atoms with E-state index in [1.54, 1.807) is 6.08 Å². The third kappa shape index (κ3) is 62.9. The Bertz CT molecular complexity index is 1290. The van der Waals surface area contributed by atoms with Gasteiger partial charge in [0, 0.05) is 12.8 Å². The van der Waals surface area contributed by atoms with Crippen molar-refractivity contribution in [2.45, 2.75) is 379 Å². The van der Waals surface area contributed by atoms with Gasteiger partial charge in [-0.3, -0.25) is 9.59 Å². The van der Waals surface area contributed by atoms with E-state index in [0.29, 0.717) is 19.4 Å². The highest BCUT2D eigenvalue weighted by Gasteiger charge is 2.18. The van der Waals surface area contributed by atoms with Crippen LogP contribution in [0.3, 0.4) is 0 Å². The van der Waals surface area contributed by atoms with Crippen LogP contribution in [0.4, 0.5) is 0 Å². The van der Waals surface area contributed by atoms with E-state index in [2.05, 4.69) is 55.6 Å². The largest absolute Gasteiger partial charge is 0.466 e. The lowest BCUT2D eigenvalue weighted by Gasteiger charge is -2.20. The molecule has 6 nitrogen and oxygen atoms in total. The number of hydrogen-bond acceptors (Lipinski definition) is 5. The second-order valence-electron chi connectivity index (χ2n) is 23.5. The molecule has 0 fully saturated rings. The van der Waals surface area contributed by atoms with Gasteiger partial charge in [0.05, 0.1) is 25.4 Å². The van der Waals surface area contributed by atoms with Gasteiger partial charge in [-0.25, -0.2) is 0 Å². The van der Waals surface area contributed by atoms with Crippen molar-refractivity contribution in [3.05, 3.63) is 48.6 Å². The van der Waals surface area contributed by atoms with Gasteiger partial charge in [-0.15, -0.1) is 0 Å². The van der Waals surface area contributed by atoms with Crippen LogP contribution in [0.1, 0.15) is 367 Å². The molecule has 0 aromatic heterocycles. The number of hydrogen-bond donors (Lipinski definition) is 3. The molecule has 2 atom stereocenters. The predicted octanol–water partition coefficient (Wildman–Crippen LogP) is 22.1. The molecule has 77 heavy (non-hydrogen) atoms. The van der Waals surface area contributed by atoms with Crippen LogP contribution in [0, 0.1) is 0 Å². The van der Waals surface area contributed by atoms with Crippen LogP contribution in [0.5, 0.6) is 0 Å². The van der Waals surface area contributed by atoms with Crippen molar-refractivity contribution in [3.63, 3.8) is 0 Å². The van der Waals surface area contributed by atoms with E-state index in [0.717, 1.165) is 77.0 Å². The van der Waals surface area contributed by atoms with Crippen LogP contribution < -0.4 is 5.32 Å². The van der Waals surface area contributed by atoms with Gasteiger partial charge in [-0.1, -0.05) is 313 Å². The Hall–Kier alpha value is -2.18. The first kappa shape index (κ1) is 74.8. The molecule has 0 saturated heterocycles. The molecular weight excluding hydrogens is 947 g/mol. The second-order valence-corrected chi connectivity index (χ2v) is 23.5. The van der Waals surface area contributed by atoms with E-state index in [1.165, 1.54) is 263 Å². The van der Waals surface area contributed by atoms with Crippen molar-refractivity contribution in [2.24, 2.45) is 0 Å². The Morgan fingerprint density at radius 3 is 1.00 bits per heavy atom. The molecule has 0 radical (unpaired) electrons. The van der Waals surface area contributed by atoms with E-state index in [-0.39, 0.29) is 18.5 Å². The number of rotatable bonds is 64. The number of unbranched alkanes of at least 4 members (excludes halogenated alkanes) is 48. The average Bonchev–Trinajstić information content (AvgIpc) is 3.43. The van der Waals surface area contributed by atoms with Gasteiger partial charge in [-0.2, -0.15) is 0 Å². The molecule has 0 aromatic rings. The summed E-state index contributed by atoms with van der Waals surface area (Å²) in [5, 5.41) is 23.3. The van der Waals surface area contributed by atoms with Crippen molar-refractivity contribution in [2.75, 3.05) is 13.2 Å². The number of ether oxygens (including phenoxy) is 1. The Morgan fingerprint density at radius 2 is 0.649 bits per heavy atom. The zero-order chi connectivity index (χ0) is 55.7. The number of aliphatic hydroxyl groups excluding tert-OH is 2. The molecule has 6 heteroatoms. The van der Waals surface area contributed by atoms with Gasteiger partial charge < -0.3 is 20.3 Å². The number of nitrogens with one attached hydrogen (secondary N) is 1. The van der Waals surface area contributed by atoms with E-state index in [1.807, 2.05) is 6.08 Å². The molecule has 0 aliphatic rings. The Balaban J connectivity index is 3.50. The van der Waals surface area contributed by atoms with E-state index >= 15 is 0 Å². The summed E-state index contributed by atoms with van der Waals surface area (Å²) in [6.07, 6.45) is 86.0. The molecule has 452 valence electrons. The van der Waals surface area contributed by atoms with Gasteiger partial charge in [-0.05, 0) is 89.9 Å². The summed E-state index contributed by atoms with van der Waals surface area (Å²) in [4.78, 5) is 24.6. The van der Waals surface area contributed by atoms with E-state index in [4.69, 9.17) is 4.74 Å². The van der Waals surface area contributed by atoms with E-state index < -0.39 is 12.1 Å². The highest BCUT2D eigenvalue weighted by Crippen LogP contribution is 2.18. The topological polar surface area (TPSA) is 95.9 Å². The van der Waals surface area contributed by atoms with Crippen molar-refractivity contribution < 1.29 is 24.5 Å². The number of carbonyl (C=O) groups excluding carboxylic acids is 2. The molecule has 0 aliphatic carbocycles. The monoisotopic (exact) mass is 1080 g/mol. The minimum Gasteiger partial charge on any atom is -0.466 e. The van der Waals surface area contributed by atoms with Crippen molar-refractivity contribution >= 4 is 11.9 Å². The number of allylic oxidation sites excluding steroid dienone is 7. The summed E-state index contributed by atoms with van der Waals surface area (Å²) in [6, 6.07) is -0.638. The lowest BCUT2D eigenvalue weighted by Crippen LogP contribution is -2.45. The summed E-state index contributed by atoms with van der Waals surface area (Å²) >= 11 is 0. The first-order chi connectivity index (χ1) is 38.0. The molecule has 0 bridgehead atoms. The minimum absolute atomic E-state index is 0.0211. The first-order valence-electron chi connectivity index (χ1n) is 34.4. The fourth-order valence-electron chi connectivity index (χ4n) is 10.6. The van der Waals surface area contributed by atoms with Crippen LogP contribution in [-0.4, -0.2) is 47.4 Å². The van der Waals surface area contributed by atoms with Gasteiger partial charge >= 0.3 is 5.97 Å². The van der Waals surface area contributed by atoms with Gasteiger partial charge in [0.15, 0.2) is 0 Å². The summed E-state index contributed by atoms with van der Waals surface area (Å²) in [5.74, 6) is -0.0961. The maximum Gasteiger partial charge on any atom is 0.305 e. The molecule has 1 amide bonds. The lowest BCUT2D eigenvalue weighted by molar-refractivity contribution is -0.143. The minimum atomic E-state index is -0.854. The zero-order valence-electron chi connectivity index (χ0n) is 51.7. The molecule has 0 rings (SSSR count). The molecule has 0 aromatic carbocycles. The quantitative estimate of drug-likeness (QED) is 0.0244. The molecule has 0 aliphatic heterocycles. The Labute approximate surface area is 480 Å². The van der Waals surface area contributed by atoms with Crippen molar-refractivity contribution in [1.29, 1.82) is 0 Å².